The highest BCUT2D eigenvalue weighted by Crippen LogP contribution is 2.10. The maximum absolute atomic E-state index is 5.78. The van der Waals surface area contributed by atoms with Crippen LogP contribution in [0.1, 0.15) is 36.8 Å². The molecule has 0 radical (unpaired) electrons. The van der Waals surface area contributed by atoms with Crippen molar-refractivity contribution in [3.8, 4) is 0 Å². The van der Waals surface area contributed by atoms with Crippen molar-refractivity contribution in [3.05, 3.63) is 59.7 Å². The lowest BCUT2D eigenvalue weighted by molar-refractivity contribution is 0.273. The Morgan fingerprint density at radius 3 is 1.50 bits per heavy atom. The second-order valence-electron chi connectivity index (χ2n) is 7.03. The molecule has 0 aliphatic heterocycles. The van der Waals surface area contributed by atoms with Gasteiger partial charge in [0.15, 0.2) is 0 Å². The second-order valence-corrected chi connectivity index (χ2v) is 7.03. The highest BCUT2D eigenvalue weighted by Gasteiger charge is 2.06. The summed E-state index contributed by atoms with van der Waals surface area (Å²) in [6, 6.07) is 16.5. The average Bonchev–Trinajstić information content (AvgIpc) is 2.65. The van der Waals surface area contributed by atoms with Crippen LogP contribution >= 0.6 is 0 Å². The molecule has 0 aliphatic carbocycles. The number of unbranched alkanes of at least 4 members (excludes halogenated alkanes) is 3. The molecule has 0 aliphatic rings. The summed E-state index contributed by atoms with van der Waals surface area (Å²) in [6.07, 6.45) is 6.99. The van der Waals surface area contributed by atoms with Crippen LogP contribution in [-0.2, 0) is 12.8 Å². The van der Waals surface area contributed by atoms with E-state index < -0.39 is 0 Å². The van der Waals surface area contributed by atoms with Crippen molar-refractivity contribution in [1.29, 1.82) is 0 Å². The molecule has 0 fully saturated rings. The highest BCUT2D eigenvalue weighted by atomic mass is 15.1. The minimum atomic E-state index is 0.804. The van der Waals surface area contributed by atoms with E-state index in [1.165, 1.54) is 30.4 Å². The first-order chi connectivity index (χ1) is 12.7. The molecular weight excluding hydrogens is 320 g/mol. The van der Waals surface area contributed by atoms with Crippen molar-refractivity contribution in [2.45, 2.75) is 38.5 Å². The first-order valence-electron chi connectivity index (χ1n) is 9.78. The number of benzene rings is 2. The van der Waals surface area contributed by atoms with Crippen molar-refractivity contribution in [3.63, 3.8) is 0 Å². The Labute approximate surface area is 158 Å². The fraction of sp³-hybridized carbons (Fsp3) is 0.455. The van der Waals surface area contributed by atoms with E-state index in [1.807, 2.05) is 24.3 Å². The summed E-state index contributed by atoms with van der Waals surface area (Å²) in [4.78, 5) is 2.58. The number of hydrogen-bond acceptors (Lipinski definition) is 4. The monoisotopic (exact) mass is 354 g/mol. The summed E-state index contributed by atoms with van der Waals surface area (Å²) in [5.41, 5.74) is 21.5. The Kier molecular flexibility index (Phi) is 9.01. The quantitative estimate of drug-likeness (QED) is 0.403. The zero-order valence-electron chi connectivity index (χ0n) is 15.9. The van der Waals surface area contributed by atoms with Crippen LogP contribution in [0.15, 0.2) is 48.5 Å². The van der Waals surface area contributed by atoms with Crippen molar-refractivity contribution in [2.24, 2.45) is 5.73 Å². The molecule has 2 rings (SSSR count). The first kappa shape index (κ1) is 20.3. The van der Waals surface area contributed by atoms with Gasteiger partial charge in [-0.15, -0.1) is 0 Å². The maximum atomic E-state index is 5.78. The molecule has 0 heterocycles. The van der Waals surface area contributed by atoms with E-state index in [2.05, 4.69) is 29.2 Å². The predicted molar refractivity (Wildman–Crippen MR) is 113 cm³/mol. The Hall–Kier alpha value is -2.04. The zero-order chi connectivity index (χ0) is 18.6. The molecule has 6 N–H and O–H groups in total. The molecule has 0 aromatic heterocycles. The van der Waals surface area contributed by atoms with Gasteiger partial charge in [0.25, 0.3) is 0 Å². The summed E-state index contributed by atoms with van der Waals surface area (Å²) in [5, 5.41) is 0. The number of nitrogens with zero attached hydrogens (tertiary/aromatic N) is 1. The second kappa shape index (κ2) is 11.6. The van der Waals surface area contributed by atoms with Crippen LogP contribution in [-0.4, -0.2) is 31.1 Å². The van der Waals surface area contributed by atoms with Gasteiger partial charge >= 0.3 is 0 Å². The first-order valence-corrected chi connectivity index (χ1v) is 9.78. The summed E-state index contributed by atoms with van der Waals surface area (Å²) >= 11 is 0. The smallest absolute Gasteiger partial charge is 0.0314 e. The molecular formula is C22H34N4. The molecule has 0 saturated carbocycles. The molecule has 0 amide bonds. The third-order valence-electron chi connectivity index (χ3n) is 4.82. The average molecular weight is 355 g/mol. The van der Waals surface area contributed by atoms with E-state index >= 15 is 0 Å². The van der Waals surface area contributed by atoms with Gasteiger partial charge in [-0.05, 0) is 74.2 Å². The van der Waals surface area contributed by atoms with Gasteiger partial charge in [0.05, 0.1) is 0 Å². The molecule has 142 valence electrons. The summed E-state index contributed by atoms with van der Waals surface area (Å²) in [5.74, 6) is 0. The number of hydrogen-bond donors (Lipinski definition) is 3. The van der Waals surface area contributed by atoms with Crippen LogP contribution in [0.5, 0.6) is 0 Å². The van der Waals surface area contributed by atoms with E-state index in [9.17, 15) is 0 Å². The maximum Gasteiger partial charge on any atom is 0.0314 e. The van der Waals surface area contributed by atoms with Gasteiger partial charge in [-0.1, -0.05) is 37.1 Å². The van der Waals surface area contributed by atoms with Gasteiger partial charge in [0.2, 0.25) is 0 Å². The molecule has 2 aromatic rings. The Morgan fingerprint density at radius 1 is 0.577 bits per heavy atom. The van der Waals surface area contributed by atoms with Gasteiger partial charge < -0.3 is 22.1 Å². The molecule has 0 spiro atoms. The topological polar surface area (TPSA) is 81.3 Å². The van der Waals surface area contributed by atoms with E-state index in [0.717, 1.165) is 56.8 Å². The number of nitrogen functional groups attached to an aromatic ring is 2. The Bertz CT molecular complexity index is 558. The predicted octanol–water partition coefficient (Wildman–Crippen LogP) is 3.46. The summed E-state index contributed by atoms with van der Waals surface area (Å²) in [6.45, 7) is 4.11. The van der Waals surface area contributed by atoms with Gasteiger partial charge in [0, 0.05) is 24.5 Å². The SMILES string of the molecule is NCCCCCCN(CCc1ccc(N)cc1)CCc1ccc(N)cc1. The van der Waals surface area contributed by atoms with Gasteiger partial charge in [0.1, 0.15) is 0 Å². The molecule has 4 nitrogen and oxygen atoms in total. The van der Waals surface area contributed by atoms with Crippen molar-refractivity contribution >= 4 is 11.4 Å². The summed E-state index contributed by atoms with van der Waals surface area (Å²) < 4.78 is 0. The lowest BCUT2D eigenvalue weighted by Crippen LogP contribution is -2.29. The van der Waals surface area contributed by atoms with E-state index in [-0.39, 0.29) is 0 Å². The Balaban J connectivity index is 1.82. The van der Waals surface area contributed by atoms with E-state index in [0.29, 0.717) is 0 Å². The largest absolute Gasteiger partial charge is 0.399 e. The minimum Gasteiger partial charge on any atom is -0.399 e. The summed E-state index contributed by atoms with van der Waals surface area (Å²) in [7, 11) is 0. The van der Waals surface area contributed by atoms with Crippen LogP contribution in [0, 0.1) is 0 Å². The normalized spacial score (nSPS) is 11.2. The van der Waals surface area contributed by atoms with Crippen LogP contribution in [0.25, 0.3) is 0 Å². The third kappa shape index (κ3) is 7.89. The molecule has 4 heteroatoms. The van der Waals surface area contributed by atoms with Crippen LogP contribution in [0.4, 0.5) is 11.4 Å². The number of rotatable bonds is 12. The zero-order valence-corrected chi connectivity index (χ0v) is 15.9. The number of nitrogens with two attached hydrogens (primary N) is 3. The van der Waals surface area contributed by atoms with Gasteiger partial charge in [-0.3, -0.25) is 0 Å². The van der Waals surface area contributed by atoms with Crippen LogP contribution < -0.4 is 17.2 Å². The molecule has 0 saturated heterocycles. The minimum absolute atomic E-state index is 0.804. The Morgan fingerprint density at radius 2 is 1.04 bits per heavy atom. The highest BCUT2D eigenvalue weighted by molar-refractivity contribution is 5.40. The van der Waals surface area contributed by atoms with Gasteiger partial charge in [-0.2, -0.15) is 0 Å². The molecule has 0 atom stereocenters. The lowest BCUT2D eigenvalue weighted by Gasteiger charge is -2.22. The standard InChI is InChI=1S/C22H34N4/c23-15-3-1-2-4-16-26(17-13-19-5-9-21(24)10-6-19)18-14-20-7-11-22(25)12-8-20/h5-12H,1-4,13-18,23-25H2. The fourth-order valence-corrected chi connectivity index (χ4v) is 3.11. The molecule has 0 bridgehead atoms. The van der Waals surface area contributed by atoms with E-state index in [1.54, 1.807) is 0 Å². The van der Waals surface area contributed by atoms with E-state index in [4.69, 9.17) is 17.2 Å². The fourth-order valence-electron chi connectivity index (χ4n) is 3.11. The number of anilines is 2. The molecule has 0 unspecified atom stereocenters. The van der Waals surface area contributed by atoms with Crippen LogP contribution in [0.2, 0.25) is 0 Å². The van der Waals surface area contributed by atoms with Gasteiger partial charge in [-0.25, -0.2) is 0 Å². The van der Waals surface area contributed by atoms with Crippen molar-refractivity contribution in [1.82, 2.24) is 4.90 Å². The lowest BCUT2D eigenvalue weighted by atomic mass is 10.1. The molecule has 26 heavy (non-hydrogen) atoms. The van der Waals surface area contributed by atoms with Crippen molar-refractivity contribution in [2.75, 3.05) is 37.6 Å². The molecule has 2 aromatic carbocycles. The van der Waals surface area contributed by atoms with Crippen LogP contribution in [0.3, 0.4) is 0 Å². The van der Waals surface area contributed by atoms with Crippen molar-refractivity contribution < 1.29 is 0 Å². The third-order valence-corrected chi connectivity index (χ3v) is 4.82.